The first-order valence-electron chi connectivity index (χ1n) is 19.9. The smallest absolute Gasteiger partial charge is 0.107 e. The Morgan fingerprint density at radius 1 is 0.250 bits per heavy atom. The molecule has 0 saturated carbocycles. The van der Waals surface area contributed by atoms with Gasteiger partial charge in [-0.1, -0.05) is 70.6 Å². The number of hydrogen-bond acceptors (Lipinski definition) is 13. The first-order valence-corrected chi connectivity index (χ1v) is 19.9. The Hall–Kier alpha value is -0.960. The lowest BCUT2D eigenvalue weighted by Gasteiger charge is -2.09. The Morgan fingerprint density at radius 2 is 0.442 bits per heavy atom. The summed E-state index contributed by atoms with van der Waals surface area (Å²) in [6, 6.07) is 0. The molecule has 0 atom stereocenters. The van der Waals surface area contributed by atoms with Crippen LogP contribution in [0.2, 0.25) is 0 Å². The standard InChI is InChI=1S/C39H76O13/c1-3-5-6-7-8-9-10-11-12-13-15-41-17-19-43-21-23-45-25-27-47-29-31-49-33-35-51-37-39-52-38-36-50-34-32-48-30-28-46-26-24-44-22-20-42-18-16-40-14-4-2/h2H,3,5-39H2,1H3. The summed E-state index contributed by atoms with van der Waals surface area (Å²) in [5.74, 6) is 2.40. The zero-order chi connectivity index (χ0) is 37.4. The summed E-state index contributed by atoms with van der Waals surface area (Å²) in [6.07, 6.45) is 18.5. The van der Waals surface area contributed by atoms with Crippen LogP contribution in [0.3, 0.4) is 0 Å². The molecule has 0 heterocycles. The van der Waals surface area contributed by atoms with Crippen LogP contribution in [0.15, 0.2) is 0 Å². The Bertz CT molecular complexity index is 669. The Kier molecular flexibility index (Phi) is 49.1. The van der Waals surface area contributed by atoms with Crippen molar-refractivity contribution in [3.63, 3.8) is 0 Å². The number of unbranched alkanes of at least 4 members (excludes halogenated alkanes) is 9. The molecule has 0 spiro atoms. The van der Waals surface area contributed by atoms with Crippen LogP contribution < -0.4 is 0 Å². The largest absolute Gasteiger partial charge is 0.379 e. The van der Waals surface area contributed by atoms with Gasteiger partial charge in [0, 0.05) is 6.61 Å². The van der Waals surface area contributed by atoms with Gasteiger partial charge in [0.05, 0.1) is 159 Å². The quantitative estimate of drug-likeness (QED) is 0.0629. The van der Waals surface area contributed by atoms with Crippen LogP contribution in [0.5, 0.6) is 0 Å². The lowest BCUT2D eigenvalue weighted by molar-refractivity contribution is -0.0289. The lowest BCUT2D eigenvalue weighted by Crippen LogP contribution is -2.15. The first kappa shape index (κ1) is 51.0. The molecule has 0 radical (unpaired) electrons. The van der Waals surface area contributed by atoms with Crippen molar-refractivity contribution >= 4 is 0 Å². The molecule has 0 bridgehead atoms. The van der Waals surface area contributed by atoms with E-state index in [4.69, 9.17) is 68.0 Å². The van der Waals surface area contributed by atoms with E-state index in [1.807, 2.05) is 0 Å². The van der Waals surface area contributed by atoms with Gasteiger partial charge in [0.1, 0.15) is 6.61 Å². The molecule has 0 aromatic heterocycles. The summed E-state index contributed by atoms with van der Waals surface area (Å²) in [5.41, 5.74) is 0. The van der Waals surface area contributed by atoms with E-state index < -0.39 is 0 Å². The molecule has 0 aliphatic rings. The van der Waals surface area contributed by atoms with Crippen molar-refractivity contribution in [1.29, 1.82) is 0 Å². The van der Waals surface area contributed by atoms with Gasteiger partial charge in [-0.15, -0.1) is 6.42 Å². The van der Waals surface area contributed by atoms with Gasteiger partial charge in [-0.2, -0.15) is 0 Å². The van der Waals surface area contributed by atoms with Crippen molar-refractivity contribution < 1.29 is 61.6 Å². The second-order valence-electron chi connectivity index (χ2n) is 11.8. The summed E-state index contributed by atoms with van der Waals surface area (Å²) in [7, 11) is 0. The van der Waals surface area contributed by atoms with Gasteiger partial charge in [0.25, 0.3) is 0 Å². The zero-order valence-electron chi connectivity index (χ0n) is 32.8. The number of hydrogen-bond donors (Lipinski definition) is 0. The predicted octanol–water partition coefficient (Wildman–Crippen LogP) is 4.76. The molecule has 0 N–H and O–H groups in total. The Morgan fingerprint density at radius 3 is 0.673 bits per heavy atom. The maximum absolute atomic E-state index is 5.65. The van der Waals surface area contributed by atoms with Gasteiger partial charge in [0.2, 0.25) is 0 Å². The minimum absolute atomic E-state index is 0.308. The maximum atomic E-state index is 5.65. The van der Waals surface area contributed by atoms with Gasteiger partial charge >= 0.3 is 0 Å². The van der Waals surface area contributed by atoms with E-state index in [0.29, 0.717) is 165 Å². The van der Waals surface area contributed by atoms with Crippen LogP contribution in [0, 0.1) is 12.3 Å². The molecule has 0 aromatic rings. The molecule has 0 saturated heterocycles. The van der Waals surface area contributed by atoms with Crippen molar-refractivity contribution in [2.24, 2.45) is 0 Å². The van der Waals surface area contributed by atoms with Gasteiger partial charge < -0.3 is 61.6 Å². The second-order valence-corrected chi connectivity index (χ2v) is 11.8. The number of rotatable bonds is 48. The highest BCUT2D eigenvalue weighted by Gasteiger charge is 1.98. The summed E-state index contributed by atoms with van der Waals surface area (Å²) in [6.45, 7) is 16.1. The molecule has 13 heteroatoms. The average Bonchev–Trinajstić information content (AvgIpc) is 3.16. The third-order valence-corrected chi connectivity index (χ3v) is 7.29. The minimum Gasteiger partial charge on any atom is -0.379 e. The van der Waals surface area contributed by atoms with Crippen molar-refractivity contribution in [1.82, 2.24) is 0 Å². The maximum Gasteiger partial charge on any atom is 0.107 e. The SMILES string of the molecule is C#CCOCCOCCOCCOCCOCCOCCOCCOCCOCCOCCOCCOCCOCCCCCCCCCCCC. The van der Waals surface area contributed by atoms with Crippen molar-refractivity contribution in [3.05, 3.63) is 0 Å². The normalized spacial score (nSPS) is 11.5. The molecule has 13 nitrogen and oxygen atoms in total. The fourth-order valence-corrected chi connectivity index (χ4v) is 4.46. The molecule has 0 aliphatic carbocycles. The molecule has 0 fully saturated rings. The minimum atomic E-state index is 0.308. The lowest BCUT2D eigenvalue weighted by atomic mass is 10.1. The topological polar surface area (TPSA) is 120 Å². The highest BCUT2D eigenvalue weighted by atomic mass is 16.6. The average molecular weight is 753 g/mol. The summed E-state index contributed by atoms with van der Waals surface area (Å²) in [5, 5.41) is 0. The predicted molar refractivity (Wildman–Crippen MR) is 201 cm³/mol. The summed E-state index contributed by atoms with van der Waals surface area (Å²) >= 11 is 0. The number of terminal acetylenes is 1. The third-order valence-electron chi connectivity index (χ3n) is 7.29. The van der Waals surface area contributed by atoms with Crippen LogP contribution in [0.25, 0.3) is 0 Å². The van der Waals surface area contributed by atoms with E-state index in [1.54, 1.807) is 0 Å². The van der Waals surface area contributed by atoms with Crippen LogP contribution in [-0.4, -0.2) is 172 Å². The number of ether oxygens (including phenoxy) is 13. The van der Waals surface area contributed by atoms with Gasteiger partial charge in [-0.05, 0) is 6.42 Å². The zero-order valence-corrected chi connectivity index (χ0v) is 32.8. The van der Waals surface area contributed by atoms with E-state index in [1.165, 1.54) is 57.8 Å². The Labute approximate surface area is 316 Å². The third kappa shape index (κ3) is 49.0. The van der Waals surface area contributed by atoms with Gasteiger partial charge in [-0.3, -0.25) is 0 Å². The van der Waals surface area contributed by atoms with Crippen LogP contribution >= 0.6 is 0 Å². The molecule has 0 rings (SSSR count). The highest BCUT2D eigenvalue weighted by Crippen LogP contribution is 2.10. The van der Waals surface area contributed by atoms with E-state index in [-0.39, 0.29) is 0 Å². The van der Waals surface area contributed by atoms with E-state index in [9.17, 15) is 0 Å². The molecule has 0 unspecified atom stereocenters. The fourth-order valence-electron chi connectivity index (χ4n) is 4.46. The monoisotopic (exact) mass is 753 g/mol. The molecule has 52 heavy (non-hydrogen) atoms. The highest BCUT2D eigenvalue weighted by molar-refractivity contribution is 4.82. The van der Waals surface area contributed by atoms with Crippen molar-refractivity contribution in [2.75, 3.05) is 172 Å². The van der Waals surface area contributed by atoms with Gasteiger partial charge in [0.15, 0.2) is 0 Å². The molecular weight excluding hydrogens is 676 g/mol. The molecule has 0 aromatic carbocycles. The van der Waals surface area contributed by atoms with E-state index >= 15 is 0 Å². The Balaban J connectivity index is 3.05. The van der Waals surface area contributed by atoms with Gasteiger partial charge in [-0.25, -0.2) is 0 Å². The first-order chi connectivity index (χ1) is 25.9. The molecule has 0 aliphatic heterocycles. The molecule has 0 amide bonds. The van der Waals surface area contributed by atoms with E-state index in [2.05, 4.69) is 12.8 Å². The van der Waals surface area contributed by atoms with Crippen LogP contribution in [0.1, 0.15) is 71.1 Å². The summed E-state index contributed by atoms with van der Waals surface area (Å²) in [4.78, 5) is 0. The van der Waals surface area contributed by atoms with E-state index in [0.717, 1.165) is 13.0 Å². The van der Waals surface area contributed by atoms with Crippen LogP contribution in [0.4, 0.5) is 0 Å². The van der Waals surface area contributed by atoms with Crippen molar-refractivity contribution in [3.8, 4) is 12.3 Å². The molecular formula is C39H76O13. The summed E-state index contributed by atoms with van der Waals surface area (Å²) < 4.78 is 71.0. The second kappa shape index (κ2) is 50.0. The van der Waals surface area contributed by atoms with Crippen molar-refractivity contribution in [2.45, 2.75) is 71.1 Å². The molecule has 310 valence electrons. The van der Waals surface area contributed by atoms with Crippen LogP contribution in [-0.2, 0) is 61.6 Å². The fraction of sp³-hybridized carbons (Fsp3) is 0.949.